The summed E-state index contributed by atoms with van der Waals surface area (Å²) in [5, 5.41) is 0.185. The lowest BCUT2D eigenvalue weighted by Crippen LogP contribution is -2.56. The van der Waals surface area contributed by atoms with Crippen molar-refractivity contribution in [3.05, 3.63) is 48.4 Å². The van der Waals surface area contributed by atoms with Crippen LogP contribution in [0.3, 0.4) is 0 Å². The number of halogens is 4. The van der Waals surface area contributed by atoms with Gasteiger partial charge in [0.15, 0.2) is 0 Å². The highest BCUT2D eigenvalue weighted by Crippen LogP contribution is 2.41. The number of ether oxygens (including phenoxy) is 2. The van der Waals surface area contributed by atoms with Crippen molar-refractivity contribution < 1.29 is 35.5 Å². The minimum absolute atomic E-state index is 0.185. The quantitative estimate of drug-likeness (QED) is 0.186. The maximum atomic E-state index is 15.8. The number of fused-ring (bicyclic) bond motifs is 1. The molecule has 53 heavy (non-hydrogen) atoms. The summed E-state index contributed by atoms with van der Waals surface area (Å²) in [5.74, 6) is -0.962. The topological polar surface area (TPSA) is 78.5 Å². The van der Waals surface area contributed by atoms with E-state index >= 15 is 4.39 Å². The molecule has 6 rings (SSSR count). The van der Waals surface area contributed by atoms with Crippen LogP contribution in [-0.2, 0) is 9.84 Å². The number of aromatic nitrogens is 1. The molecule has 2 aromatic carbocycles. The van der Waals surface area contributed by atoms with Crippen LogP contribution in [0.1, 0.15) is 66.7 Å². The second-order valence-electron chi connectivity index (χ2n) is 15.7. The number of likely N-dealkylation sites (tertiary alicyclic amines) is 1. The van der Waals surface area contributed by atoms with E-state index in [1.54, 1.807) is 0 Å². The van der Waals surface area contributed by atoms with E-state index < -0.39 is 38.3 Å². The van der Waals surface area contributed by atoms with E-state index in [-0.39, 0.29) is 27.8 Å². The van der Waals surface area contributed by atoms with E-state index in [9.17, 15) is 21.6 Å². The van der Waals surface area contributed by atoms with Gasteiger partial charge in [-0.1, -0.05) is 20.8 Å². The van der Waals surface area contributed by atoms with Gasteiger partial charge in [0.05, 0.1) is 11.2 Å². The van der Waals surface area contributed by atoms with Crippen LogP contribution in [0.2, 0.25) is 0 Å². The van der Waals surface area contributed by atoms with Crippen LogP contribution < -0.4 is 14.4 Å². The smallest absolute Gasteiger partial charge is 0.488 e. The number of anilines is 1. The summed E-state index contributed by atoms with van der Waals surface area (Å²) in [6.45, 7) is 18.4. The first-order valence-corrected chi connectivity index (χ1v) is 20.4. The molecule has 0 bridgehead atoms. The fourth-order valence-electron chi connectivity index (χ4n) is 8.61. The predicted octanol–water partition coefficient (Wildman–Crippen LogP) is 7.38. The molecule has 3 aromatic rings. The average Bonchev–Trinajstić information content (AvgIpc) is 3.10. The Kier molecular flexibility index (Phi) is 11.8. The summed E-state index contributed by atoms with van der Waals surface area (Å²) in [7, 11) is -4.54. The number of rotatable bonds is 11. The summed E-state index contributed by atoms with van der Waals surface area (Å²) in [6.07, 6.45) is 0.816. The third-order valence-corrected chi connectivity index (χ3v) is 12.7. The molecule has 9 nitrogen and oxygen atoms in total. The zero-order chi connectivity index (χ0) is 38.1. The summed E-state index contributed by atoms with van der Waals surface area (Å²) in [5.41, 5.74) is -0.117. The number of hydrogen-bond donors (Lipinski definition) is 0. The van der Waals surface area contributed by atoms with Crippen LogP contribution in [0.4, 0.5) is 23.2 Å². The maximum absolute atomic E-state index is 15.8. The number of alkyl halides is 3. The van der Waals surface area contributed by atoms with E-state index in [0.717, 1.165) is 70.8 Å². The van der Waals surface area contributed by atoms with Crippen LogP contribution in [0, 0.1) is 11.7 Å². The number of nitrogens with zero attached hydrogens (tertiary/aromatic N) is 5. The molecule has 0 amide bonds. The Morgan fingerprint density at radius 3 is 1.92 bits per heavy atom. The minimum Gasteiger partial charge on any atom is -0.488 e. The molecule has 3 saturated heterocycles. The molecule has 3 fully saturated rings. The predicted molar refractivity (Wildman–Crippen MR) is 198 cm³/mol. The summed E-state index contributed by atoms with van der Waals surface area (Å²) in [6, 6.07) is 8.29. The van der Waals surface area contributed by atoms with E-state index in [2.05, 4.69) is 45.2 Å². The lowest BCUT2D eigenvalue weighted by Gasteiger charge is -2.46. The lowest BCUT2D eigenvalue weighted by atomic mass is 9.96. The molecule has 0 aliphatic carbocycles. The van der Waals surface area contributed by atoms with Crippen molar-refractivity contribution in [2.45, 2.75) is 101 Å². The van der Waals surface area contributed by atoms with Gasteiger partial charge in [0.25, 0.3) is 0 Å². The number of sulfone groups is 1. The Morgan fingerprint density at radius 1 is 0.811 bits per heavy atom. The van der Waals surface area contributed by atoms with Crippen LogP contribution >= 0.6 is 0 Å². The van der Waals surface area contributed by atoms with Gasteiger partial charge in [-0.25, -0.2) is 12.8 Å². The van der Waals surface area contributed by atoms with Crippen LogP contribution in [0.15, 0.2) is 52.4 Å². The fraction of sp³-hybridized carbons (Fsp3) is 0.615. The highest BCUT2D eigenvalue weighted by Gasteiger charge is 2.36. The molecule has 292 valence electrons. The SMILES string of the molecule is CCN1CCC(N2CCN(C3CCN(c4c(S(=O)(=O)c5ccc(OC(C)(C)CC(C)C)cc5F)cnc5ccc(OC(F)(F)F)cc45)CC3)CC2)CC1. The second kappa shape index (κ2) is 15.9. The summed E-state index contributed by atoms with van der Waals surface area (Å²) >= 11 is 0. The van der Waals surface area contributed by atoms with E-state index in [4.69, 9.17) is 4.74 Å². The van der Waals surface area contributed by atoms with Crippen molar-refractivity contribution in [1.82, 2.24) is 19.7 Å². The molecule has 14 heteroatoms. The molecule has 4 heterocycles. The summed E-state index contributed by atoms with van der Waals surface area (Å²) < 4.78 is 94.7. The Morgan fingerprint density at radius 2 is 1.38 bits per heavy atom. The number of hydrogen-bond acceptors (Lipinski definition) is 9. The molecule has 0 saturated carbocycles. The monoisotopic (exact) mass is 763 g/mol. The van der Waals surface area contributed by atoms with Gasteiger partial charge in [-0.15, -0.1) is 13.2 Å². The first kappa shape index (κ1) is 39.5. The van der Waals surface area contributed by atoms with Crippen molar-refractivity contribution in [1.29, 1.82) is 0 Å². The first-order valence-electron chi connectivity index (χ1n) is 18.9. The van der Waals surface area contributed by atoms with Gasteiger partial charge in [-0.05, 0) is 102 Å². The number of piperazine rings is 1. The number of piperidine rings is 2. The standard InChI is InChI=1S/C39H53F4N5O4S/c1-6-45-15-11-28(12-16-45)46-19-21-47(22-20-46)29-13-17-48(18-14-29)37-32-23-30(52-39(41,42)43)7-9-34(32)44-26-36(37)53(49,50)35-10-8-31(24-33(35)40)51-38(4,5)25-27(2)3/h7-10,23-24,26-29H,6,11-22,25H2,1-5H3. The minimum atomic E-state index is -4.95. The Labute approximate surface area is 311 Å². The van der Waals surface area contributed by atoms with Gasteiger partial charge in [0, 0.05) is 69.0 Å². The molecule has 0 spiro atoms. The van der Waals surface area contributed by atoms with Crippen molar-refractivity contribution in [2.75, 3.05) is 63.8 Å². The van der Waals surface area contributed by atoms with Crippen molar-refractivity contribution in [3.8, 4) is 11.5 Å². The van der Waals surface area contributed by atoms with Gasteiger partial charge in [-0.2, -0.15) is 0 Å². The molecule has 0 radical (unpaired) electrons. The molecule has 1 aromatic heterocycles. The molecule has 0 unspecified atom stereocenters. The average molecular weight is 764 g/mol. The second-order valence-corrected chi connectivity index (χ2v) is 17.6. The van der Waals surface area contributed by atoms with Gasteiger partial charge in [0.1, 0.15) is 32.7 Å². The lowest BCUT2D eigenvalue weighted by molar-refractivity contribution is -0.274. The normalized spacial score (nSPS) is 19.7. The third kappa shape index (κ3) is 9.37. The van der Waals surface area contributed by atoms with Gasteiger partial charge < -0.3 is 19.3 Å². The van der Waals surface area contributed by atoms with Gasteiger partial charge in [0.2, 0.25) is 9.84 Å². The molecule has 0 atom stereocenters. The van der Waals surface area contributed by atoms with Crippen LogP contribution in [-0.4, -0.2) is 111 Å². The zero-order valence-corrected chi connectivity index (χ0v) is 32.3. The number of pyridine rings is 1. The highest BCUT2D eigenvalue weighted by atomic mass is 32.2. The molecular formula is C39H53F4N5O4S. The fourth-order valence-corrected chi connectivity index (χ4v) is 10.1. The molecule has 0 N–H and O–H groups in total. The highest BCUT2D eigenvalue weighted by molar-refractivity contribution is 7.91. The summed E-state index contributed by atoms with van der Waals surface area (Å²) in [4.78, 5) is 13.0. The Hall–Kier alpha value is -3.20. The molecule has 3 aliphatic heterocycles. The van der Waals surface area contributed by atoms with E-state index in [0.29, 0.717) is 37.0 Å². The Balaban J connectivity index is 1.25. The van der Waals surface area contributed by atoms with E-state index in [1.807, 2.05) is 18.7 Å². The largest absolute Gasteiger partial charge is 0.573 e. The van der Waals surface area contributed by atoms with Crippen molar-refractivity contribution >= 4 is 26.4 Å². The Bertz CT molecular complexity index is 1830. The third-order valence-electron chi connectivity index (χ3n) is 11.0. The van der Waals surface area contributed by atoms with Gasteiger partial charge >= 0.3 is 6.36 Å². The first-order chi connectivity index (χ1) is 25.0. The van der Waals surface area contributed by atoms with Crippen molar-refractivity contribution in [3.63, 3.8) is 0 Å². The van der Waals surface area contributed by atoms with E-state index in [1.165, 1.54) is 43.3 Å². The molecule has 3 aliphatic rings. The number of benzene rings is 2. The zero-order valence-electron chi connectivity index (χ0n) is 31.5. The van der Waals surface area contributed by atoms with Gasteiger partial charge in [-0.3, -0.25) is 14.8 Å². The van der Waals surface area contributed by atoms with Crippen molar-refractivity contribution in [2.24, 2.45) is 5.92 Å². The molecular weight excluding hydrogens is 711 g/mol. The maximum Gasteiger partial charge on any atom is 0.573 e. The van der Waals surface area contributed by atoms with Crippen LogP contribution in [0.25, 0.3) is 10.9 Å². The van der Waals surface area contributed by atoms with Crippen LogP contribution in [0.5, 0.6) is 11.5 Å².